The Kier molecular flexibility index (Phi) is 4.87. The molecule has 0 radical (unpaired) electrons. The summed E-state index contributed by atoms with van der Waals surface area (Å²) in [6.45, 7) is 2.59. The molecule has 6 heteroatoms. The largest absolute Gasteiger partial charge is 0.444 e. The maximum atomic E-state index is 11.9. The van der Waals surface area contributed by atoms with Crippen LogP contribution in [0, 0.1) is 6.92 Å². The summed E-state index contributed by atoms with van der Waals surface area (Å²) in [5.74, 6) is 3.80. The summed E-state index contributed by atoms with van der Waals surface area (Å²) >= 11 is 7.11. The lowest BCUT2D eigenvalue weighted by Gasteiger charge is -2.20. The Morgan fingerprint density at radius 3 is 3.06 bits per heavy atom. The van der Waals surface area contributed by atoms with E-state index in [-0.39, 0.29) is 5.91 Å². The van der Waals surface area contributed by atoms with Crippen LogP contribution in [0.3, 0.4) is 0 Å². The standard InChI is InChI=1S/C11H14BrNO2S2/c1-7-4-9(12)15-10(7)11(14)13-5-8-6-16-2-3-17-8/h4,8H,2-3,5-6H2,1H3,(H,13,14). The Morgan fingerprint density at radius 2 is 2.47 bits per heavy atom. The third-order valence-corrected chi connectivity index (χ3v) is 5.70. The van der Waals surface area contributed by atoms with Crippen molar-refractivity contribution in [1.82, 2.24) is 5.32 Å². The highest BCUT2D eigenvalue weighted by Gasteiger charge is 2.18. The van der Waals surface area contributed by atoms with Gasteiger partial charge in [-0.1, -0.05) is 0 Å². The van der Waals surface area contributed by atoms with Gasteiger partial charge in [0.25, 0.3) is 5.91 Å². The van der Waals surface area contributed by atoms with Crippen LogP contribution in [0.1, 0.15) is 16.1 Å². The van der Waals surface area contributed by atoms with E-state index in [1.807, 2.05) is 30.4 Å². The molecule has 17 heavy (non-hydrogen) atoms. The van der Waals surface area contributed by atoms with Crippen LogP contribution in [0.2, 0.25) is 0 Å². The van der Waals surface area contributed by atoms with E-state index in [9.17, 15) is 4.79 Å². The predicted octanol–water partition coefficient (Wildman–Crippen LogP) is 2.93. The minimum atomic E-state index is -0.121. The monoisotopic (exact) mass is 335 g/mol. The van der Waals surface area contributed by atoms with Gasteiger partial charge in [-0.2, -0.15) is 23.5 Å². The molecule has 1 saturated heterocycles. The second-order valence-electron chi connectivity index (χ2n) is 3.84. The molecule has 1 aliphatic rings. The van der Waals surface area contributed by atoms with Gasteiger partial charge in [0.15, 0.2) is 10.4 Å². The van der Waals surface area contributed by atoms with Gasteiger partial charge in [-0.15, -0.1) is 0 Å². The van der Waals surface area contributed by atoms with Gasteiger partial charge in [-0.05, 0) is 28.9 Å². The normalized spacial score (nSPS) is 20.2. The second-order valence-corrected chi connectivity index (χ2v) is 7.18. The van der Waals surface area contributed by atoms with E-state index in [0.29, 0.717) is 22.2 Å². The van der Waals surface area contributed by atoms with Crippen molar-refractivity contribution in [2.24, 2.45) is 0 Å². The van der Waals surface area contributed by atoms with Crippen LogP contribution < -0.4 is 5.32 Å². The first kappa shape index (κ1) is 13.4. The first-order chi connectivity index (χ1) is 8.16. The molecule has 0 aliphatic carbocycles. The quantitative estimate of drug-likeness (QED) is 0.922. The smallest absolute Gasteiger partial charge is 0.287 e. The minimum absolute atomic E-state index is 0.121. The number of furan rings is 1. The summed E-state index contributed by atoms with van der Waals surface area (Å²) in [4.78, 5) is 11.9. The van der Waals surface area contributed by atoms with Gasteiger partial charge in [0.05, 0.1) is 0 Å². The Labute approximate surface area is 118 Å². The SMILES string of the molecule is Cc1cc(Br)oc1C(=O)NCC1CSCCS1. The van der Waals surface area contributed by atoms with Crippen molar-refractivity contribution in [1.29, 1.82) is 0 Å². The summed E-state index contributed by atoms with van der Waals surface area (Å²) in [6, 6.07) is 1.81. The van der Waals surface area contributed by atoms with Crippen LogP contribution >= 0.6 is 39.5 Å². The number of nitrogens with one attached hydrogen (secondary N) is 1. The molecule has 1 N–H and O–H groups in total. The van der Waals surface area contributed by atoms with Crippen LogP contribution in [-0.2, 0) is 0 Å². The lowest BCUT2D eigenvalue weighted by molar-refractivity contribution is 0.0924. The van der Waals surface area contributed by atoms with Gasteiger partial charge < -0.3 is 9.73 Å². The van der Waals surface area contributed by atoms with E-state index in [2.05, 4.69) is 21.2 Å². The van der Waals surface area contributed by atoms with E-state index >= 15 is 0 Å². The average molecular weight is 336 g/mol. The highest BCUT2D eigenvalue weighted by atomic mass is 79.9. The molecule has 1 amide bonds. The van der Waals surface area contributed by atoms with Gasteiger partial charge in [0.2, 0.25) is 0 Å². The summed E-state index contributed by atoms with van der Waals surface area (Å²) in [7, 11) is 0. The molecule has 0 saturated carbocycles. The van der Waals surface area contributed by atoms with E-state index < -0.39 is 0 Å². The van der Waals surface area contributed by atoms with Crippen molar-refractivity contribution in [3.63, 3.8) is 0 Å². The van der Waals surface area contributed by atoms with Crippen LogP contribution in [0.5, 0.6) is 0 Å². The van der Waals surface area contributed by atoms with Gasteiger partial charge >= 0.3 is 0 Å². The van der Waals surface area contributed by atoms with Crippen LogP contribution in [-0.4, -0.2) is 35.0 Å². The number of thioether (sulfide) groups is 2. The van der Waals surface area contributed by atoms with E-state index in [0.717, 1.165) is 11.3 Å². The average Bonchev–Trinajstić information content (AvgIpc) is 2.67. The third kappa shape index (κ3) is 3.69. The zero-order valence-electron chi connectivity index (χ0n) is 9.49. The zero-order chi connectivity index (χ0) is 12.3. The number of halogens is 1. The van der Waals surface area contributed by atoms with E-state index in [1.54, 1.807) is 6.07 Å². The number of hydrogen-bond acceptors (Lipinski definition) is 4. The first-order valence-corrected chi connectivity index (χ1v) is 8.40. The fraction of sp³-hybridized carbons (Fsp3) is 0.545. The second kappa shape index (κ2) is 6.20. The molecule has 1 aromatic heterocycles. The molecule has 2 rings (SSSR count). The van der Waals surface area contributed by atoms with Gasteiger partial charge in [-0.25, -0.2) is 0 Å². The Balaban J connectivity index is 1.86. The predicted molar refractivity (Wildman–Crippen MR) is 77.0 cm³/mol. The molecule has 0 bridgehead atoms. The number of amides is 1. The van der Waals surface area contributed by atoms with Crippen molar-refractivity contribution in [3.05, 3.63) is 22.1 Å². The molecule has 1 aromatic rings. The van der Waals surface area contributed by atoms with Crippen LogP contribution in [0.4, 0.5) is 0 Å². The van der Waals surface area contributed by atoms with E-state index in [4.69, 9.17) is 4.42 Å². The lowest BCUT2D eigenvalue weighted by atomic mass is 10.2. The number of rotatable bonds is 3. The number of carbonyl (C=O) groups is 1. The van der Waals surface area contributed by atoms with Crippen molar-refractivity contribution in [2.45, 2.75) is 12.2 Å². The van der Waals surface area contributed by atoms with E-state index in [1.165, 1.54) is 11.5 Å². The Bertz CT molecular complexity index is 402. The Morgan fingerprint density at radius 1 is 1.65 bits per heavy atom. The molecule has 2 heterocycles. The van der Waals surface area contributed by atoms with Crippen molar-refractivity contribution in [3.8, 4) is 0 Å². The van der Waals surface area contributed by atoms with Gasteiger partial charge in [0, 0.05) is 34.6 Å². The molecule has 94 valence electrons. The van der Waals surface area contributed by atoms with Gasteiger partial charge in [-0.3, -0.25) is 4.79 Å². The minimum Gasteiger partial charge on any atom is -0.444 e. The van der Waals surface area contributed by atoms with Gasteiger partial charge in [0.1, 0.15) is 0 Å². The molecule has 0 spiro atoms. The fourth-order valence-electron chi connectivity index (χ4n) is 1.61. The topological polar surface area (TPSA) is 42.2 Å². The van der Waals surface area contributed by atoms with Crippen molar-refractivity contribution < 1.29 is 9.21 Å². The maximum Gasteiger partial charge on any atom is 0.287 e. The molecule has 1 aliphatic heterocycles. The lowest BCUT2D eigenvalue weighted by Crippen LogP contribution is -2.33. The third-order valence-electron chi connectivity index (χ3n) is 2.47. The summed E-state index contributed by atoms with van der Waals surface area (Å²) < 4.78 is 5.91. The molecular weight excluding hydrogens is 322 g/mol. The molecule has 1 unspecified atom stereocenters. The highest BCUT2D eigenvalue weighted by molar-refractivity contribution is 9.10. The number of carbonyl (C=O) groups excluding carboxylic acids is 1. The van der Waals surface area contributed by atoms with Crippen LogP contribution in [0.15, 0.2) is 15.2 Å². The summed E-state index contributed by atoms with van der Waals surface area (Å²) in [6.07, 6.45) is 0. The number of hydrogen-bond donors (Lipinski definition) is 1. The molecule has 1 atom stereocenters. The van der Waals surface area contributed by atoms with Crippen molar-refractivity contribution >= 4 is 45.4 Å². The zero-order valence-corrected chi connectivity index (χ0v) is 12.7. The molecule has 3 nitrogen and oxygen atoms in total. The summed E-state index contributed by atoms with van der Waals surface area (Å²) in [5.41, 5.74) is 0.861. The number of aryl methyl sites for hydroxylation is 1. The molecular formula is C11H14BrNO2S2. The summed E-state index contributed by atoms with van der Waals surface area (Å²) in [5, 5.41) is 3.46. The first-order valence-electron chi connectivity index (χ1n) is 5.40. The van der Waals surface area contributed by atoms with Crippen molar-refractivity contribution in [2.75, 3.05) is 23.8 Å². The highest BCUT2D eigenvalue weighted by Crippen LogP contribution is 2.24. The fourth-order valence-corrected chi connectivity index (χ4v) is 4.73. The molecule has 1 fully saturated rings. The maximum absolute atomic E-state index is 11.9. The van der Waals surface area contributed by atoms with Crippen LogP contribution in [0.25, 0.3) is 0 Å². The molecule has 0 aromatic carbocycles. The Hall–Kier alpha value is -0.0700.